The summed E-state index contributed by atoms with van der Waals surface area (Å²) in [5.74, 6) is 1.05. The molecule has 0 aliphatic heterocycles. The number of fused-ring (bicyclic) bond motifs is 1. The molecule has 0 amide bonds. The third-order valence-corrected chi connectivity index (χ3v) is 7.93. The summed E-state index contributed by atoms with van der Waals surface area (Å²) >= 11 is 0. The average Bonchev–Trinajstić information content (AvgIpc) is 3.33. The van der Waals surface area contributed by atoms with Crippen LogP contribution in [0.2, 0.25) is 0 Å². The number of hydrogen-bond donors (Lipinski definition) is 0. The van der Waals surface area contributed by atoms with Gasteiger partial charge in [0.2, 0.25) is 0 Å². The Hall–Kier alpha value is -4.70. The molecular weight excluding hydrogens is 488 g/mol. The van der Waals surface area contributed by atoms with E-state index in [1.807, 2.05) is 6.07 Å². The summed E-state index contributed by atoms with van der Waals surface area (Å²) in [6.07, 6.45) is 9.73. The third kappa shape index (κ3) is 4.56. The molecule has 1 unspecified atom stereocenters. The maximum Gasteiger partial charge on any atom is 0.107 e. The van der Waals surface area contributed by atoms with Crippen molar-refractivity contribution < 1.29 is 0 Å². The van der Waals surface area contributed by atoms with Gasteiger partial charge in [-0.2, -0.15) is 0 Å². The molecular formula is C36H34N4. The lowest BCUT2D eigenvalue weighted by Crippen LogP contribution is -2.16. The van der Waals surface area contributed by atoms with Crippen LogP contribution in [0.5, 0.6) is 0 Å². The molecule has 1 heterocycles. The Morgan fingerprint density at radius 3 is 2.35 bits per heavy atom. The molecule has 5 aromatic rings. The molecule has 0 radical (unpaired) electrons. The molecule has 4 aromatic carbocycles. The molecule has 1 aliphatic rings. The minimum Gasteiger partial charge on any atom is -0.340 e. The molecule has 6 rings (SSSR count). The minimum absolute atomic E-state index is 0.291. The smallest absolute Gasteiger partial charge is 0.107 e. The van der Waals surface area contributed by atoms with Crippen molar-refractivity contribution in [2.45, 2.75) is 33.2 Å². The molecule has 1 atom stereocenters. The van der Waals surface area contributed by atoms with Crippen molar-refractivity contribution in [3.8, 4) is 22.3 Å². The second-order valence-electron chi connectivity index (χ2n) is 10.3. The van der Waals surface area contributed by atoms with Crippen molar-refractivity contribution in [1.29, 1.82) is 0 Å². The first kappa shape index (κ1) is 25.6. The molecule has 0 fully saturated rings. The minimum atomic E-state index is 0.291. The number of aryl methyl sites for hydroxylation is 1. The van der Waals surface area contributed by atoms with Gasteiger partial charge in [0.1, 0.15) is 5.82 Å². The van der Waals surface area contributed by atoms with Crippen molar-refractivity contribution >= 4 is 34.8 Å². The maximum atomic E-state index is 4.87. The summed E-state index contributed by atoms with van der Waals surface area (Å²) in [7, 11) is 0. The van der Waals surface area contributed by atoms with Gasteiger partial charge in [-0.15, -0.1) is 0 Å². The topological polar surface area (TPSA) is 33.4 Å². The molecule has 0 saturated heterocycles. The van der Waals surface area contributed by atoms with E-state index in [9.17, 15) is 0 Å². The molecule has 198 valence electrons. The van der Waals surface area contributed by atoms with Crippen LogP contribution in [0.4, 0.5) is 17.1 Å². The van der Waals surface area contributed by atoms with Gasteiger partial charge in [0.15, 0.2) is 0 Å². The molecule has 1 aromatic heterocycles. The number of aromatic nitrogens is 2. The van der Waals surface area contributed by atoms with Crippen molar-refractivity contribution in [2.75, 3.05) is 11.4 Å². The predicted molar refractivity (Wildman–Crippen MR) is 170 cm³/mol. The number of aliphatic imine (C=N–C) groups is 1. The average molecular weight is 523 g/mol. The molecule has 4 heteroatoms. The van der Waals surface area contributed by atoms with E-state index in [0.29, 0.717) is 6.04 Å². The van der Waals surface area contributed by atoms with Gasteiger partial charge in [-0.25, -0.2) is 4.98 Å². The third-order valence-electron chi connectivity index (χ3n) is 7.93. The predicted octanol–water partition coefficient (Wildman–Crippen LogP) is 9.53. The Morgan fingerprint density at radius 2 is 1.65 bits per heavy atom. The zero-order chi connectivity index (χ0) is 27.6. The Kier molecular flexibility index (Phi) is 6.91. The van der Waals surface area contributed by atoms with E-state index < -0.39 is 0 Å². The number of hydrogen-bond acceptors (Lipinski definition) is 3. The van der Waals surface area contributed by atoms with E-state index in [1.54, 1.807) is 0 Å². The van der Waals surface area contributed by atoms with Gasteiger partial charge in [-0.05, 0) is 98.1 Å². The van der Waals surface area contributed by atoms with E-state index in [0.717, 1.165) is 46.9 Å². The molecule has 0 N–H and O–H groups in total. The fraction of sp³-hybridized carbons (Fsp3) is 0.167. The molecule has 0 saturated carbocycles. The molecule has 1 aliphatic carbocycles. The van der Waals surface area contributed by atoms with Gasteiger partial charge in [-0.1, -0.05) is 72.8 Å². The van der Waals surface area contributed by atoms with Gasteiger partial charge in [0.25, 0.3) is 0 Å². The van der Waals surface area contributed by atoms with E-state index in [1.165, 1.54) is 27.8 Å². The van der Waals surface area contributed by atoms with Crippen LogP contribution in [0.15, 0.2) is 114 Å². The van der Waals surface area contributed by atoms with Gasteiger partial charge >= 0.3 is 0 Å². The summed E-state index contributed by atoms with van der Waals surface area (Å²) in [6.45, 7) is 11.2. The fourth-order valence-corrected chi connectivity index (χ4v) is 5.96. The summed E-state index contributed by atoms with van der Waals surface area (Å²) in [5.41, 5.74) is 11.3. The van der Waals surface area contributed by atoms with E-state index in [2.05, 4.69) is 145 Å². The van der Waals surface area contributed by atoms with Gasteiger partial charge in [0.05, 0.1) is 28.5 Å². The first-order chi connectivity index (χ1) is 19.6. The molecule has 0 bridgehead atoms. The highest BCUT2D eigenvalue weighted by Crippen LogP contribution is 2.40. The Balaban J connectivity index is 1.44. The number of para-hydroxylation sites is 1. The summed E-state index contributed by atoms with van der Waals surface area (Å²) in [5, 5.41) is 0. The molecule has 0 spiro atoms. The van der Waals surface area contributed by atoms with Gasteiger partial charge < -0.3 is 9.47 Å². The van der Waals surface area contributed by atoms with Crippen LogP contribution in [0.25, 0.3) is 33.3 Å². The Bertz CT molecular complexity index is 1760. The number of anilines is 2. The SMILES string of the molecule is C=Nc1ccc(-c2cccc(-c3ccc4nc(C)n(C5C=CC=CC5)c4c3)c2C)cc1N(CC)c1ccccc1. The highest BCUT2D eigenvalue weighted by Gasteiger charge is 2.18. The standard InChI is InChI=1S/C36H34N4/c1-5-39(29-13-8-6-9-14-29)35-23-27(19-21-33(35)37-4)31-17-12-18-32(25(31)2)28-20-22-34-36(24-28)40(26(3)38-34)30-15-10-7-11-16-30/h6-15,17-24,30H,4-5,16H2,1-3H3. The number of allylic oxidation sites excluding steroid dienone is 4. The fourth-order valence-electron chi connectivity index (χ4n) is 5.96. The zero-order valence-electron chi connectivity index (χ0n) is 23.4. The lowest BCUT2D eigenvalue weighted by atomic mass is 9.92. The van der Waals surface area contributed by atoms with Crippen molar-refractivity contribution in [3.05, 3.63) is 121 Å². The van der Waals surface area contributed by atoms with Crippen molar-refractivity contribution in [3.63, 3.8) is 0 Å². The highest BCUT2D eigenvalue weighted by molar-refractivity contribution is 5.88. The Labute approximate surface area is 236 Å². The Morgan fingerprint density at radius 1 is 0.900 bits per heavy atom. The first-order valence-electron chi connectivity index (χ1n) is 13.9. The second-order valence-corrected chi connectivity index (χ2v) is 10.3. The number of imidazole rings is 1. The quantitative estimate of drug-likeness (QED) is 0.199. The highest BCUT2D eigenvalue weighted by atomic mass is 15.1. The van der Waals surface area contributed by atoms with Crippen molar-refractivity contribution in [2.24, 2.45) is 4.99 Å². The van der Waals surface area contributed by atoms with Crippen LogP contribution in [0.3, 0.4) is 0 Å². The van der Waals surface area contributed by atoms with Gasteiger partial charge in [-0.3, -0.25) is 4.99 Å². The number of rotatable bonds is 7. The molecule has 4 nitrogen and oxygen atoms in total. The number of benzene rings is 4. The van der Waals surface area contributed by atoms with E-state index in [-0.39, 0.29) is 0 Å². The summed E-state index contributed by atoms with van der Waals surface area (Å²) < 4.78 is 2.37. The summed E-state index contributed by atoms with van der Waals surface area (Å²) in [4.78, 5) is 11.5. The first-order valence-corrected chi connectivity index (χ1v) is 13.9. The molecule has 40 heavy (non-hydrogen) atoms. The van der Waals surface area contributed by atoms with Crippen LogP contribution in [-0.4, -0.2) is 22.8 Å². The normalized spacial score (nSPS) is 14.5. The van der Waals surface area contributed by atoms with Crippen LogP contribution in [0, 0.1) is 13.8 Å². The largest absolute Gasteiger partial charge is 0.340 e. The lowest BCUT2D eigenvalue weighted by Gasteiger charge is -2.25. The van der Waals surface area contributed by atoms with Crippen LogP contribution in [-0.2, 0) is 0 Å². The van der Waals surface area contributed by atoms with E-state index in [4.69, 9.17) is 4.98 Å². The zero-order valence-corrected chi connectivity index (χ0v) is 23.4. The number of nitrogens with zero attached hydrogens (tertiary/aromatic N) is 4. The summed E-state index contributed by atoms with van der Waals surface area (Å²) in [6, 6.07) is 30.5. The maximum absolute atomic E-state index is 4.87. The lowest BCUT2D eigenvalue weighted by molar-refractivity contribution is 0.607. The van der Waals surface area contributed by atoms with Crippen molar-refractivity contribution in [1.82, 2.24) is 9.55 Å². The van der Waals surface area contributed by atoms with Crippen LogP contribution in [0.1, 0.15) is 30.8 Å². The monoisotopic (exact) mass is 522 g/mol. The van der Waals surface area contributed by atoms with E-state index >= 15 is 0 Å². The second kappa shape index (κ2) is 10.8. The van der Waals surface area contributed by atoms with Crippen LogP contribution < -0.4 is 4.90 Å². The van der Waals surface area contributed by atoms with Crippen LogP contribution >= 0.6 is 0 Å². The van der Waals surface area contributed by atoms with Gasteiger partial charge in [0, 0.05) is 12.2 Å².